The normalized spacial score (nSPS) is 17.8. The van der Waals surface area contributed by atoms with Gasteiger partial charge in [-0.3, -0.25) is 9.80 Å². The van der Waals surface area contributed by atoms with E-state index in [0.29, 0.717) is 0 Å². The molecule has 2 aromatic rings. The van der Waals surface area contributed by atoms with E-state index in [-0.39, 0.29) is 5.50 Å². The Bertz CT molecular complexity index is 632. The van der Waals surface area contributed by atoms with E-state index in [9.17, 15) is 0 Å². The van der Waals surface area contributed by atoms with E-state index in [1.54, 1.807) is 0 Å². The molecule has 3 rings (SSSR count). The lowest BCUT2D eigenvalue weighted by atomic mass is 10.0. The lowest BCUT2D eigenvalue weighted by Gasteiger charge is -2.36. The van der Waals surface area contributed by atoms with Gasteiger partial charge in [0.2, 0.25) is 0 Å². The number of rotatable bonds is 5. The van der Waals surface area contributed by atoms with Crippen LogP contribution in [-0.4, -0.2) is 41.5 Å². The van der Waals surface area contributed by atoms with Gasteiger partial charge in [-0.05, 0) is 35.2 Å². The molecule has 0 bridgehead atoms. The highest BCUT2D eigenvalue weighted by molar-refractivity contribution is 6.30. The van der Waals surface area contributed by atoms with Crippen LogP contribution in [0.1, 0.15) is 18.9 Å². The predicted octanol–water partition coefficient (Wildman–Crippen LogP) is 5.10. The molecule has 1 atom stereocenters. The highest BCUT2D eigenvalue weighted by Crippen LogP contribution is 2.22. The average molecular weight is 363 g/mol. The molecule has 0 amide bonds. The third-order valence-electron chi connectivity index (χ3n) is 4.68. The molecule has 0 saturated carbocycles. The van der Waals surface area contributed by atoms with Crippen LogP contribution < -0.4 is 0 Å². The fraction of sp³-hybridized carbons (Fsp3) is 0.400. The number of benzene rings is 2. The zero-order valence-corrected chi connectivity index (χ0v) is 15.6. The first kappa shape index (κ1) is 17.8. The lowest BCUT2D eigenvalue weighted by Crippen LogP contribution is -2.48. The molecule has 4 heteroatoms. The van der Waals surface area contributed by atoms with Crippen molar-refractivity contribution < 1.29 is 0 Å². The Morgan fingerprint density at radius 1 is 0.875 bits per heavy atom. The maximum absolute atomic E-state index is 6.34. The minimum absolute atomic E-state index is 0.186. The van der Waals surface area contributed by atoms with Crippen LogP contribution in [0.3, 0.4) is 0 Å². The molecule has 0 spiro atoms. The minimum atomic E-state index is 0.186. The van der Waals surface area contributed by atoms with Gasteiger partial charge in [0.25, 0.3) is 0 Å². The maximum atomic E-state index is 6.34. The van der Waals surface area contributed by atoms with E-state index in [4.69, 9.17) is 23.2 Å². The predicted molar refractivity (Wildman–Crippen MR) is 104 cm³/mol. The number of alkyl halides is 1. The van der Waals surface area contributed by atoms with Crippen LogP contribution in [0.2, 0.25) is 5.02 Å². The second kappa shape index (κ2) is 8.35. The van der Waals surface area contributed by atoms with Gasteiger partial charge in [-0.2, -0.15) is 0 Å². The van der Waals surface area contributed by atoms with Crippen molar-refractivity contribution in [2.45, 2.75) is 25.4 Å². The van der Waals surface area contributed by atoms with Crippen LogP contribution in [0.25, 0.3) is 11.1 Å². The molecule has 2 aromatic carbocycles. The second-order valence-electron chi connectivity index (χ2n) is 6.36. The molecule has 1 aliphatic heterocycles. The number of hydrogen-bond donors (Lipinski definition) is 0. The van der Waals surface area contributed by atoms with Crippen molar-refractivity contribution in [1.82, 2.24) is 9.80 Å². The fourth-order valence-corrected chi connectivity index (χ4v) is 3.48. The van der Waals surface area contributed by atoms with Gasteiger partial charge in [-0.1, -0.05) is 54.9 Å². The Morgan fingerprint density at radius 3 is 1.96 bits per heavy atom. The van der Waals surface area contributed by atoms with Crippen molar-refractivity contribution in [2.75, 3.05) is 26.2 Å². The average Bonchev–Trinajstić information content (AvgIpc) is 2.63. The molecule has 0 aliphatic carbocycles. The smallest absolute Gasteiger partial charge is 0.0848 e. The summed E-state index contributed by atoms with van der Waals surface area (Å²) in [5, 5.41) is 0.775. The van der Waals surface area contributed by atoms with Crippen LogP contribution in [-0.2, 0) is 6.54 Å². The van der Waals surface area contributed by atoms with Crippen LogP contribution >= 0.6 is 23.2 Å². The van der Waals surface area contributed by atoms with Crippen molar-refractivity contribution >= 4 is 23.2 Å². The van der Waals surface area contributed by atoms with E-state index >= 15 is 0 Å². The second-order valence-corrected chi connectivity index (χ2v) is 7.30. The van der Waals surface area contributed by atoms with Gasteiger partial charge in [0.05, 0.1) is 5.50 Å². The first-order valence-corrected chi connectivity index (χ1v) is 9.42. The standard InChI is InChI=1S/C20H24Cl2N2/c1-2-20(22)24-13-11-23(12-14-24)15-16-3-5-17(6-4-16)18-7-9-19(21)10-8-18/h3-10,20H,2,11-15H2,1H3/t20-/m0/s1. The number of hydrogen-bond acceptors (Lipinski definition) is 2. The molecular weight excluding hydrogens is 339 g/mol. The largest absolute Gasteiger partial charge is 0.297 e. The Hall–Kier alpha value is -1.06. The Kier molecular flexibility index (Phi) is 6.18. The highest BCUT2D eigenvalue weighted by atomic mass is 35.5. The van der Waals surface area contributed by atoms with Crippen molar-refractivity contribution in [3.05, 3.63) is 59.1 Å². The molecule has 2 nitrogen and oxygen atoms in total. The van der Waals surface area contributed by atoms with Crippen molar-refractivity contribution in [3.63, 3.8) is 0 Å². The summed E-state index contributed by atoms with van der Waals surface area (Å²) in [7, 11) is 0. The number of halogens is 2. The van der Waals surface area contributed by atoms with E-state index in [0.717, 1.165) is 44.2 Å². The summed E-state index contributed by atoms with van der Waals surface area (Å²) in [4.78, 5) is 4.88. The highest BCUT2D eigenvalue weighted by Gasteiger charge is 2.21. The van der Waals surface area contributed by atoms with E-state index in [1.165, 1.54) is 16.7 Å². The zero-order valence-electron chi connectivity index (χ0n) is 14.1. The topological polar surface area (TPSA) is 6.48 Å². The third kappa shape index (κ3) is 4.52. The first-order valence-electron chi connectivity index (χ1n) is 8.61. The Balaban J connectivity index is 1.56. The van der Waals surface area contributed by atoms with Gasteiger partial charge in [0.15, 0.2) is 0 Å². The quantitative estimate of drug-likeness (QED) is 0.539. The molecule has 1 aliphatic rings. The van der Waals surface area contributed by atoms with Gasteiger partial charge >= 0.3 is 0 Å². The molecular formula is C20H24Cl2N2. The van der Waals surface area contributed by atoms with Crippen LogP contribution in [0.5, 0.6) is 0 Å². The van der Waals surface area contributed by atoms with Gasteiger partial charge in [-0.25, -0.2) is 0 Å². The summed E-state index contributed by atoms with van der Waals surface area (Å²) >= 11 is 12.3. The van der Waals surface area contributed by atoms with E-state index < -0.39 is 0 Å². The SMILES string of the molecule is CC[C@@H](Cl)N1CCN(Cc2ccc(-c3ccc(Cl)cc3)cc2)CC1. The zero-order chi connectivity index (χ0) is 16.9. The summed E-state index contributed by atoms with van der Waals surface area (Å²) in [6.07, 6.45) is 1.01. The van der Waals surface area contributed by atoms with E-state index in [1.807, 2.05) is 12.1 Å². The number of piperazine rings is 1. The molecule has 24 heavy (non-hydrogen) atoms. The monoisotopic (exact) mass is 362 g/mol. The van der Waals surface area contributed by atoms with Crippen molar-refractivity contribution in [1.29, 1.82) is 0 Å². The molecule has 0 N–H and O–H groups in total. The van der Waals surface area contributed by atoms with Gasteiger partial charge in [0, 0.05) is 37.7 Å². The summed E-state index contributed by atoms with van der Waals surface area (Å²) in [5.74, 6) is 0. The first-order chi connectivity index (χ1) is 11.7. The van der Waals surface area contributed by atoms with Crippen molar-refractivity contribution in [3.8, 4) is 11.1 Å². The molecule has 1 fully saturated rings. The third-order valence-corrected chi connectivity index (χ3v) is 5.51. The van der Waals surface area contributed by atoms with Gasteiger partial charge < -0.3 is 0 Å². The summed E-state index contributed by atoms with van der Waals surface area (Å²) in [6, 6.07) is 16.8. The molecule has 1 heterocycles. The van der Waals surface area contributed by atoms with Crippen LogP contribution in [0.15, 0.2) is 48.5 Å². The van der Waals surface area contributed by atoms with Gasteiger partial charge in [0.1, 0.15) is 0 Å². The molecule has 1 saturated heterocycles. The van der Waals surface area contributed by atoms with Gasteiger partial charge in [-0.15, -0.1) is 11.6 Å². The van der Waals surface area contributed by atoms with Crippen LogP contribution in [0, 0.1) is 0 Å². The lowest BCUT2D eigenvalue weighted by molar-refractivity contribution is 0.115. The molecule has 128 valence electrons. The summed E-state index contributed by atoms with van der Waals surface area (Å²) < 4.78 is 0. The summed E-state index contributed by atoms with van der Waals surface area (Å²) in [5.41, 5.74) is 3.98. The Morgan fingerprint density at radius 2 is 1.42 bits per heavy atom. The van der Waals surface area contributed by atoms with Crippen LogP contribution in [0.4, 0.5) is 0 Å². The summed E-state index contributed by atoms with van der Waals surface area (Å²) in [6.45, 7) is 7.44. The fourth-order valence-electron chi connectivity index (χ4n) is 3.16. The Labute approximate surface area is 155 Å². The maximum Gasteiger partial charge on any atom is 0.0848 e. The number of nitrogens with zero attached hydrogens (tertiary/aromatic N) is 2. The van der Waals surface area contributed by atoms with E-state index in [2.05, 4.69) is 53.1 Å². The molecule has 0 unspecified atom stereocenters. The van der Waals surface area contributed by atoms with Crippen molar-refractivity contribution in [2.24, 2.45) is 0 Å². The molecule has 0 radical (unpaired) electrons. The molecule has 0 aromatic heterocycles. The minimum Gasteiger partial charge on any atom is -0.297 e.